The van der Waals surface area contributed by atoms with Crippen LogP contribution >= 0.6 is 0 Å². The third-order valence-corrected chi connectivity index (χ3v) is 11.2. The van der Waals surface area contributed by atoms with Crippen LogP contribution in [0.2, 0.25) is 0 Å². The Morgan fingerprint density at radius 2 is 0.839 bits per heavy atom. The number of hydrogen-bond acceptors (Lipinski definition) is 2. The number of fused-ring (bicyclic) bond motifs is 7. The monoisotopic (exact) mass is 713 g/mol. The second-order valence-electron chi connectivity index (χ2n) is 14.5. The molecule has 0 amide bonds. The van der Waals surface area contributed by atoms with Crippen LogP contribution in [0.3, 0.4) is 0 Å². The SMILES string of the molecule is c1ccc(-c2ccc(-c3ccc(N(c4ccc(-c5ccc6ccccc6c5)cc4)c4ccc5ccc6ccccc6c5c4)cc3)c3c2oc2ccccc23)cc1. The van der Waals surface area contributed by atoms with Gasteiger partial charge in [-0.25, -0.2) is 0 Å². The van der Waals surface area contributed by atoms with Gasteiger partial charge in [0.05, 0.1) is 0 Å². The highest BCUT2D eigenvalue weighted by Crippen LogP contribution is 2.44. The zero-order valence-electron chi connectivity index (χ0n) is 30.6. The Balaban J connectivity index is 1.05. The van der Waals surface area contributed by atoms with Crippen LogP contribution in [0.5, 0.6) is 0 Å². The first-order valence-electron chi connectivity index (χ1n) is 19.2. The van der Waals surface area contributed by atoms with E-state index in [0.717, 1.165) is 61.3 Å². The lowest BCUT2D eigenvalue weighted by Crippen LogP contribution is -2.09. The molecule has 11 aromatic rings. The minimum atomic E-state index is 0.894. The van der Waals surface area contributed by atoms with Gasteiger partial charge in [-0.1, -0.05) is 158 Å². The van der Waals surface area contributed by atoms with Crippen molar-refractivity contribution < 1.29 is 4.42 Å². The standard InChI is InChI=1S/C54H35NO/c1-2-11-38(12-3-1)49-33-32-48(53-50-16-8-9-17-52(50)56-54(49)53)40-24-29-45(30-25-40)55(46-31-26-41-20-19-39-13-6-7-15-47(39)51(41)35-46)44-27-22-37(23-28-44)43-21-18-36-10-4-5-14-42(36)34-43/h1-35H. The molecule has 11 rings (SSSR count). The van der Waals surface area contributed by atoms with Crippen LogP contribution in [-0.2, 0) is 0 Å². The Kier molecular flexibility index (Phi) is 7.53. The van der Waals surface area contributed by atoms with Crippen molar-refractivity contribution in [2.75, 3.05) is 4.90 Å². The predicted molar refractivity (Wildman–Crippen MR) is 237 cm³/mol. The van der Waals surface area contributed by atoms with E-state index in [2.05, 4.69) is 211 Å². The molecule has 0 atom stereocenters. The lowest BCUT2D eigenvalue weighted by molar-refractivity contribution is 0.670. The van der Waals surface area contributed by atoms with Crippen molar-refractivity contribution in [3.63, 3.8) is 0 Å². The van der Waals surface area contributed by atoms with Crippen molar-refractivity contribution in [1.29, 1.82) is 0 Å². The van der Waals surface area contributed by atoms with Crippen LogP contribution in [0.4, 0.5) is 17.1 Å². The second kappa shape index (κ2) is 13.2. The minimum Gasteiger partial charge on any atom is -0.455 e. The van der Waals surface area contributed by atoms with Crippen LogP contribution in [0.15, 0.2) is 217 Å². The zero-order valence-corrected chi connectivity index (χ0v) is 30.6. The van der Waals surface area contributed by atoms with Crippen LogP contribution in [0, 0.1) is 0 Å². The first-order valence-corrected chi connectivity index (χ1v) is 19.2. The topological polar surface area (TPSA) is 16.4 Å². The summed E-state index contributed by atoms with van der Waals surface area (Å²) in [5, 5.41) is 9.71. The van der Waals surface area contributed by atoms with E-state index in [4.69, 9.17) is 4.42 Å². The van der Waals surface area contributed by atoms with Crippen molar-refractivity contribution in [3.05, 3.63) is 212 Å². The van der Waals surface area contributed by atoms with Gasteiger partial charge in [0.1, 0.15) is 11.2 Å². The summed E-state index contributed by atoms with van der Waals surface area (Å²) < 4.78 is 6.60. The van der Waals surface area contributed by atoms with E-state index in [1.54, 1.807) is 0 Å². The largest absolute Gasteiger partial charge is 0.455 e. The predicted octanol–water partition coefficient (Wildman–Crippen LogP) is 15.5. The van der Waals surface area contributed by atoms with Crippen LogP contribution in [-0.4, -0.2) is 0 Å². The average molecular weight is 714 g/mol. The van der Waals surface area contributed by atoms with E-state index >= 15 is 0 Å². The average Bonchev–Trinajstić information content (AvgIpc) is 3.67. The van der Waals surface area contributed by atoms with Gasteiger partial charge in [0.15, 0.2) is 0 Å². The number of benzene rings is 10. The third kappa shape index (κ3) is 5.42. The van der Waals surface area contributed by atoms with Gasteiger partial charge < -0.3 is 9.32 Å². The van der Waals surface area contributed by atoms with E-state index in [-0.39, 0.29) is 0 Å². The van der Waals surface area contributed by atoms with E-state index in [0.29, 0.717) is 0 Å². The van der Waals surface area contributed by atoms with Crippen LogP contribution in [0.25, 0.3) is 87.6 Å². The fourth-order valence-electron chi connectivity index (χ4n) is 8.45. The number of para-hydroxylation sites is 1. The molecule has 0 aliphatic rings. The quantitative estimate of drug-likeness (QED) is 0.160. The van der Waals surface area contributed by atoms with Gasteiger partial charge in [0, 0.05) is 33.4 Å². The minimum absolute atomic E-state index is 0.894. The maximum atomic E-state index is 6.60. The summed E-state index contributed by atoms with van der Waals surface area (Å²) in [7, 11) is 0. The Morgan fingerprint density at radius 3 is 1.62 bits per heavy atom. The summed E-state index contributed by atoms with van der Waals surface area (Å²) >= 11 is 0. The van der Waals surface area contributed by atoms with Crippen molar-refractivity contribution >= 4 is 71.3 Å². The van der Waals surface area contributed by atoms with Gasteiger partial charge in [-0.3, -0.25) is 0 Å². The van der Waals surface area contributed by atoms with E-state index < -0.39 is 0 Å². The Labute approximate surface area is 325 Å². The third-order valence-electron chi connectivity index (χ3n) is 11.2. The first-order chi connectivity index (χ1) is 27.7. The molecule has 0 aliphatic heterocycles. The van der Waals surface area contributed by atoms with Gasteiger partial charge in [-0.15, -0.1) is 0 Å². The fourth-order valence-corrected chi connectivity index (χ4v) is 8.45. The smallest absolute Gasteiger partial charge is 0.143 e. The summed E-state index contributed by atoms with van der Waals surface area (Å²) in [5.74, 6) is 0. The highest BCUT2D eigenvalue weighted by Gasteiger charge is 2.19. The van der Waals surface area contributed by atoms with Crippen LogP contribution in [0.1, 0.15) is 0 Å². The highest BCUT2D eigenvalue weighted by atomic mass is 16.3. The molecule has 2 heteroatoms. The molecule has 1 aromatic heterocycles. The maximum absolute atomic E-state index is 6.60. The Bertz CT molecular complexity index is 3230. The summed E-state index contributed by atoms with van der Waals surface area (Å²) in [4.78, 5) is 2.37. The number of anilines is 3. The van der Waals surface area contributed by atoms with E-state index in [1.807, 2.05) is 6.07 Å². The molecule has 0 spiro atoms. The maximum Gasteiger partial charge on any atom is 0.143 e. The summed E-state index contributed by atoms with van der Waals surface area (Å²) in [6.07, 6.45) is 0. The summed E-state index contributed by atoms with van der Waals surface area (Å²) in [5.41, 5.74) is 12.0. The molecule has 0 radical (unpaired) electrons. The second-order valence-corrected chi connectivity index (χ2v) is 14.5. The van der Waals surface area contributed by atoms with Gasteiger partial charge >= 0.3 is 0 Å². The molecular formula is C54H35NO. The molecule has 0 aliphatic carbocycles. The van der Waals surface area contributed by atoms with E-state index in [1.165, 1.54) is 43.4 Å². The molecule has 262 valence electrons. The molecular weight excluding hydrogens is 679 g/mol. The van der Waals surface area contributed by atoms with Gasteiger partial charge in [0.25, 0.3) is 0 Å². The molecule has 0 N–H and O–H groups in total. The van der Waals surface area contributed by atoms with Gasteiger partial charge in [-0.2, -0.15) is 0 Å². The van der Waals surface area contributed by atoms with Gasteiger partial charge in [0.2, 0.25) is 0 Å². The normalized spacial score (nSPS) is 11.6. The molecule has 0 saturated heterocycles. The van der Waals surface area contributed by atoms with Crippen molar-refractivity contribution in [2.24, 2.45) is 0 Å². The molecule has 0 unspecified atom stereocenters. The molecule has 0 fully saturated rings. The number of furan rings is 1. The zero-order chi connectivity index (χ0) is 37.0. The van der Waals surface area contributed by atoms with Crippen molar-refractivity contribution in [2.45, 2.75) is 0 Å². The lowest BCUT2D eigenvalue weighted by atomic mass is 9.94. The molecule has 0 bridgehead atoms. The van der Waals surface area contributed by atoms with E-state index in [9.17, 15) is 0 Å². The van der Waals surface area contributed by atoms with Crippen LogP contribution < -0.4 is 4.90 Å². The number of rotatable bonds is 6. The summed E-state index contributed by atoms with van der Waals surface area (Å²) in [6.45, 7) is 0. The van der Waals surface area contributed by atoms with Gasteiger partial charge in [-0.05, 0) is 115 Å². The first kappa shape index (κ1) is 32.0. The molecule has 1 heterocycles. The highest BCUT2D eigenvalue weighted by molar-refractivity contribution is 6.16. The van der Waals surface area contributed by atoms with Crippen molar-refractivity contribution in [1.82, 2.24) is 0 Å². The lowest BCUT2D eigenvalue weighted by Gasteiger charge is -2.26. The molecule has 10 aromatic carbocycles. The number of nitrogens with zero attached hydrogens (tertiary/aromatic N) is 1. The number of hydrogen-bond donors (Lipinski definition) is 0. The molecule has 2 nitrogen and oxygen atoms in total. The molecule has 56 heavy (non-hydrogen) atoms. The fraction of sp³-hybridized carbons (Fsp3) is 0. The van der Waals surface area contributed by atoms with Crippen molar-refractivity contribution in [3.8, 4) is 33.4 Å². The Hall–Kier alpha value is -7.42. The Morgan fingerprint density at radius 1 is 0.304 bits per heavy atom. The molecule has 0 saturated carbocycles. The summed E-state index contributed by atoms with van der Waals surface area (Å²) in [6, 6.07) is 76.5.